The SMILES string of the molecule is CC1(CNC(=O)C2CCNCC2)CCCCC1O. The molecule has 3 N–H and O–H groups in total. The molecule has 0 spiro atoms. The smallest absolute Gasteiger partial charge is 0.223 e. The number of carbonyl (C=O) groups is 1. The number of aliphatic hydroxyl groups excluding tert-OH is 1. The van der Waals surface area contributed by atoms with Crippen LogP contribution in [0.15, 0.2) is 0 Å². The topological polar surface area (TPSA) is 61.4 Å². The molecular formula is C14H26N2O2. The van der Waals surface area contributed by atoms with E-state index in [4.69, 9.17) is 0 Å². The third kappa shape index (κ3) is 3.23. The predicted octanol–water partition coefficient (Wildman–Crippen LogP) is 1.04. The van der Waals surface area contributed by atoms with Crippen molar-refractivity contribution in [1.82, 2.24) is 10.6 Å². The second kappa shape index (κ2) is 6.02. The van der Waals surface area contributed by atoms with Gasteiger partial charge >= 0.3 is 0 Å². The van der Waals surface area contributed by atoms with Gasteiger partial charge in [-0.3, -0.25) is 4.79 Å². The Kier molecular flexibility index (Phi) is 4.62. The highest BCUT2D eigenvalue weighted by atomic mass is 16.3. The van der Waals surface area contributed by atoms with Gasteiger partial charge in [-0.15, -0.1) is 0 Å². The van der Waals surface area contributed by atoms with Crippen LogP contribution in [0.25, 0.3) is 0 Å². The van der Waals surface area contributed by atoms with Gasteiger partial charge in [0, 0.05) is 17.9 Å². The summed E-state index contributed by atoms with van der Waals surface area (Å²) in [6.07, 6.45) is 5.77. The van der Waals surface area contributed by atoms with Gasteiger partial charge in [0.25, 0.3) is 0 Å². The lowest BCUT2D eigenvalue weighted by molar-refractivity contribution is -0.127. The summed E-state index contributed by atoms with van der Waals surface area (Å²) in [5.74, 6) is 0.339. The molecule has 2 unspecified atom stereocenters. The van der Waals surface area contributed by atoms with Gasteiger partial charge in [0.15, 0.2) is 0 Å². The molecule has 1 amide bonds. The summed E-state index contributed by atoms with van der Waals surface area (Å²) < 4.78 is 0. The van der Waals surface area contributed by atoms with E-state index < -0.39 is 0 Å². The minimum atomic E-state index is -0.264. The normalized spacial score (nSPS) is 34.2. The molecule has 0 aromatic heterocycles. The van der Waals surface area contributed by atoms with Gasteiger partial charge in [-0.1, -0.05) is 19.8 Å². The quantitative estimate of drug-likeness (QED) is 0.705. The molecule has 1 saturated heterocycles. The first-order chi connectivity index (χ1) is 8.62. The molecule has 2 atom stereocenters. The maximum Gasteiger partial charge on any atom is 0.223 e. The molecule has 18 heavy (non-hydrogen) atoms. The summed E-state index contributed by atoms with van der Waals surface area (Å²) >= 11 is 0. The van der Waals surface area contributed by atoms with Crippen molar-refractivity contribution in [1.29, 1.82) is 0 Å². The number of hydrogen-bond donors (Lipinski definition) is 3. The van der Waals surface area contributed by atoms with Gasteiger partial charge in [-0.25, -0.2) is 0 Å². The summed E-state index contributed by atoms with van der Waals surface area (Å²) in [6.45, 7) is 4.60. The van der Waals surface area contributed by atoms with E-state index in [0.717, 1.165) is 51.6 Å². The second-order valence-electron chi connectivity index (χ2n) is 6.16. The van der Waals surface area contributed by atoms with E-state index in [-0.39, 0.29) is 23.3 Å². The molecule has 1 aliphatic heterocycles. The number of hydrogen-bond acceptors (Lipinski definition) is 3. The summed E-state index contributed by atoms with van der Waals surface area (Å²) in [7, 11) is 0. The van der Waals surface area contributed by atoms with Crippen LogP contribution in [0.2, 0.25) is 0 Å². The maximum atomic E-state index is 12.1. The monoisotopic (exact) mass is 254 g/mol. The largest absolute Gasteiger partial charge is 0.392 e. The van der Waals surface area contributed by atoms with Crippen LogP contribution in [-0.2, 0) is 4.79 Å². The van der Waals surface area contributed by atoms with Crippen LogP contribution in [-0.4, -0.2) is 36.8 Å². The molecule has 0 aromatic rings. The minimum absolute atomic E-state index is 0.124. The van der Waals surface area contributed by atoms with Crippen molar-refractivity contribution in [2.45, 2.75) is 51.6 Å². The average molecular weight is 254 g/mol. The number of carbonyl (C=O) groups excluding carboxylic acids is 1. The van der Waals surface area contributed by atoms with Crippen molar-refractivity contribution >= 4 is 5.91 Å². The van der Waals surface area contributed by atoms with Gasteiger partial charge in [0.1, 0.15) is 0 Å². The van der Waals surface area contributed by atoms with Crippen molar-refractivity contribution in [2.24, 2.45) is 11.3 Å². The fourth-order valence-corrected chi connectivity index (χ4v) is 3.11. The first-order valence-electron chi connectivity index (χ1n) is 7.28. The van der Waals surface area contributed by atoms with Crippen LogP contribution in [0.5, 0.6) is 0 Å². The van der Waals surface area contributed by atoms with Crippen molar-refractivity contribution in [3.8, 4) is 0 Å². The van der Waals surface area contributed by atoms with Crippen LogP contribution in [0, 0.1) is 11.3 Å². The third-order valence-electron chi connectivity index (χ3n) is 4.66. The fourth-order valence-electron chi connectivity index (χ4n) is 3.11. The zero-order valence-corrected chi connectivity index (χ0v) is 11.4. The molecule has 104 valence electrons. The van der Waals surface area contributed by atoms with Gasteiger partial charge in [0.05, 0.1) is 6.10 Å². The standard InChI is InChI=1S/C14H26N2O2/c1-14(7-3-2-4-12(14)17)10-16-13(18)11-5-8-15-9-6-11/h11-12,15,17H,2-10H2,1H3,(H,16,18). The molecule has 2 rings (SSSR count). The highest BCUT2D eigenvalue weighted by molar-refractivity contribution is 5.78. The lowest BCUT2D eigenvalue weighted by Gasteiger charge is -2.39. The van der Waals surface area contributed by atoms with E-state index in [1.54, 1.807) is 0 Å². The summed E-state index contributed by atoms with van der Waals surface area (Å²) in [5, 5.41) is 16.4. The number of nitrogens with one attached hydrogen (secondary N) is 2. The van der Waals surface area contributed by atoms with Gasteiger partial charge in [-0.05, 0) is 38.8 Å². The van der Waals surface area contributed by atoms with Crippen LogP contribution >= 0.6 is 0 Å². The Morgan fingerprint density at radius 1 is 1.33 bits per heavy atom. The van der Waals surface area contributed by atoms with E-state index >= 15 is 0 Å². The van der Waals surface area contributed by atoms with E-state index in [1.165, 1.54) is 0 Å². The van der Waals surface area contributed by atoms with Crippen LogP contribution in [0.1, 0.15) is 45.4 Å². The van der Waals surface area contributed by atoms with Crippen molar-refractivity contribution in [3.05, 3.63) is 0 Å². The molecule has 4 heteroatoms. The lowest BCUT2D eigenvalue weighted by atomic mass is 9.73. The average Bonchev–Trinajstić information content (AvgIpc) is 2.41. The molecule has 1 aliphatic carbocycles. The zero-order chi connectivity index (χ0) is 13.0. The summed E-state index contributed by atoms with van der Waals surface area (Å²) in [4.78, 5) is 12.1. The van der Waals surface area contributed by atoms with Crippen molar-refractivity contribution in [3.63, 3.8) is 0 Å². The molecule has 0 radical (unpaired) electrons. The Hall–Kier alpha value is -0.610. The van der Waals surface area contributed by atoms with E-state index in [1.807, 2.05) is 0 Å². The number of aliphatic hydroxyl groups is 1. The Morgan fingerprint density at radius 2 is 2.06 bits per heavy atom. The molecule has 2 aliphatic rings. The third-order valence-corrected chi connectivity index (χ3v) is 4.66. The molecule has 2 fully saturated rings. The maximum absolute atomic E-state index is 12.1. The Bertz CT molecular complexity index is 290. The summed E-state index contributed by atoms with van der Waals surface area (Å²) in [6, 6.07) is 0. The molecular weight excluding hydrogens is 228 g/mol. The first kappa shape index (κ1) is 13.8. The van der Waals surface area contributed by atoms with Crippen LogP contribution in [0.4, 0.5) is 0 Å². The van der Waals surface area contributed by atoms with Crippen molar-refractivity contribution < 1.29 is 9.90 Å². The minimum Gasteiger partial charge on any atom is -0.392 e. The first-order valence-corrected chi connectivity index (χ1v) is 7.28. The predicted molar refractivity (Wildman–Crippen MR) is 71.2 cm³/mol. The van der Waals surface area contributed by atoms with Crippen LogP contribution in [0.3, 0.4) is 0 Å². The van der Waals surface area contributed by atoms with Gasteiger partial charge in [0.2, 0.25) is 5.91 Å². The number of piperidine rings is 1. The van der Waals surface area contributed by atoms with Gasteiger partial charge in [-0.2, -0.15) is 0 Å². The second-order valence-corrected chi connectivity index (χ2v) is 6.16. The van der Waals surface area contributed by atoms with E-state index in [0.29, 0.717) is 6.54 Å². The highest BCUT2D eigenvalue weighted by Gasteiger charge is 2.36. The molecule has 0 aromatic carbocycles. The highest BCUT2D eigenvalue weighted by Crippen LogP contribution is 2.35. The Labute approximate surface area is 110 Å². The lowest BCUT2D eigenvalue weighted by Crippen LogP contribution is -2.47. The van der Waals surface area contributed by atoms with E-state index in [2.05, 4.69) is 17.6 Å². The Morgan fingerprint density at radius 3 is 2.72 bits per heavy atom. The zero-order valence-electron chi connectivity index (χ0n) is 11.4. The van der Waals surface area contributed by atoms with Crippen molar-refractivity contribution in [2.75, 3.05) is 19.6 Å². The molecule has 4 nitrogen and oxygen atoms in total. The summed E-state index contributed by atoms with van der Waals surface area (Å²) in [5.41, 5.74) is -0.124. The van der Waals surface area contributed by atoms with Crippen LogP contribution < -0.4 is 10.6 Å². The number of rotatable bonds is 3. The molecule has 1 saturated carbocycles. The Balaban J connectivity index is 1.80. The van der Waals surface area contributed by atoms with E-state index in [9.17, 15) is 9.90 Å². The van der Waals surface area contributed by atoms with Gasteiger partial charge < -0.3 is 15.7 Å². The molecule has 0 bridgehead atoms. The number of amides is 1. The fraction of sp³-hybridized carbons (Fsp3) is 0.929. The molecule has 1 heterocycles.